The number of thiazole rings is 1. The van der Waals surface area contributed by atoms with E-state index in [9.17, 15) is 14.7 Å². The van der Waals surface area contributed by atoms with Gasteiger partial charge >= 0.3 is 0 Å². The first-order valence-corrected chi connectivity index (χ1v) is 8.23. The molecule has 0 fully saturated rings. The number of aromatic hydroxyl groups is 1. The van der Waals surface area contributed by atoms with E-state index in [4.69, 9.17) is 0 Å². The molecule has 0 radical (unpaired) electrons. The van der Waals surface area contributed by atoms with Crippen molar-refractivity contribution < 1.29 is 14.7 Å². The Hall–Kier alpha value is -3.19. The number of anilines is 2. The molecule has 0 bridgehead atoms. The first-order valence-electron chi connectivity index (χ1n) is 7.41. The summed E-state index contributed by atoms with van der Waals surface area (Å²) in [6, 6.07) is 9.68. The van der Waals surface area contributed by atoms with E-state index in [1.807, 2.05) is 13.0 Å². The van der Waals surface area contributed by atoms with E-state index in [0.717, 1.165) is 21.3 Å². The maximum atomic E-state index is 12.5. The van der Waals surface area contributed by atoms with Gasteiger partial charge in [-0.15, -0.1) is 11.3 Å². The second-order valence-electron chi connectivity index (χ2n) is 5.29. The minimum atomic E-state index is -0.487. The van der Waals surface area contributed by atoms with Crippen LogP contribution in [0.15, 0.2) is 49.1 Å². The second-order valence-corrected chi connectivity index (χ2v) is 6.53. The highest BCUT2D eigenvalue weighted by Crippen LogP contribution is 2.26. The molecule has 0 atom stereocenters. The van der Waals surface area contributed by atoms with Crippen LogP contribution in [0.5, 0.6) is 5.75 Å². The molecule has 0 spiro atoms. The Morgan fingerprint density at radius 3 is 2.64 bits per heavy atom. The van der Waals surface area contributed by atoms with Crippen molar-refractivity contribution >= 4 is 44.7 Å². The van der Waals surface area contributed by atoms with Gasteiger partial charge in [-0.3, -0.25) is 9.59 Å². The number of aryl methyl sites for hydroxylation is 1. The minimum Gasteiger partial charge on any atom is -0.507 e. The zero-order valence-electron chi connectivity index (χ0n) is 13.4. The molecule has 0 unspecified atom stereocenters. The fourth-order valence-electron chi connectivity index (χ4n) is 2.31. The second kappa shape index (κ2) is 6.74. The average Bonchev–Trinajstić information content (AvgIpc) is 2.95. The number of benzene rings is 2. The number of phenols is 1. The normalized spacial score (nSPS) is 10.4. The number of carbonyl (C=O) groups excluding carboxylic acids is 2. The Balaban J connectivity index is 1.84. The van der Waals surface area contributed by atoms with Crippen molar-refractivity contribution in [1.82, 2.24) is 4.98 Å². The van der Waals surface area contributed by atoms with Crippen LogP contribution in [0, 0.1) is 6.92 Å². The van der Waals surface area contributed by atoms with Gasteiger partial charge in [0.05, 0.1) is 20.8 Å². The lowest BCUT2D eigenvalue weighted by Crippen LogP contribution is -2.13. The third-order valence-electron chi connectivity index (χ3n) is 3.45. The summed E-state index contributed by atoms with van der Waals surface area (Å²) in [5.41, 5.74) is 1.81. The summed E-state index contributed by atoms with van der Waals surface area (Å²) < 4.78 is 1.03. The molecule has 25 heavy (non-hydrogen) atoms. The molecule has 0 saturated heterocycles. The molecule has 0 saturated carbocycles. The van der Waals surface area contributed by atoms with Gasteiger partial charge in [0.15, 0.2) is 0 Å². The number of hydrogen-bond donors (Lipinski definition) is 3. The zero-order chi connectivity index (χ0) is 18.0. The summed E-state index contributed by atoms with van der Waals surface area (Å²) in [6.45, 7) is 5.29. The molecule has 0 aliphatic carbocycles. The topological polar surface area (TPSA) is 91.3 Å². The quantitative estimate of drug-likeness (QED) is 0.493. The van der Waals surface area contributed by atoms with E-state index in [1.54, 1.807) is 23.5 Å². The summed E-state index contributed by atoms with van der Waals surface area (Å²) in [5.74, 6) is -1.07. The molecule has 1 heterocycles. The fraction of sp³-hybridized carbons (Fsp3) is 0.0556. The van der Waals surface area contributed by atoms with Crippen molar-refractivity contribution in [3.63, 3.8) is 0 Å². The average molecular weight is 353 g/mol. The highest BCUT2D eigenvalue weighted by atomic mass is 32.1. The van der Waals surface area contributed by atoms with Gasteiger partial charge in [0.25, 0.3) is 5.91 Å². The van der Waals surface area contributed by atoms with E-state index < -0.39 is 11.8 Å². The highest BCUT2D eigenvalue weighted by Gasteiger charge is 2.13. The summed E-state index contributed by atoms with van der Waals surface area (Å²) >= 11 is 1.58. The van der Waals surface area contributed by atoms with Crippen LogP contribution >= 0.6 is 11.3 Å². The van der Waals surface area contributed by atoms with E-state index in [-0.39, 0.29) is 11.3 Å². The lowest BCUT2D eigenvalue weighted by atomic mass is 10.1. The molecule has 0 aliphatic rings. The van der Waals surface area contributed by atoms with E-state index in [0.29, 0.717) is 11.4 Å². The van der Waals surface area contributed by atoms with Crippen LogP contribution < -0.4 is 10.6 Å². The van der Waals surface area contributed by atoms with Crippen molar-refractivity contribution in [2.24, 2.45) is 0 Å². The summed E-state index contributed by atoms with van der Waals surface area (Å²) in [5, 5.41) is 16.2. The predicted molar refractivity (Wildman–Crippen MR) is 99.2 cm³/mol. The van der Waals surface area contributed by atoms with Crippen LogP contribution in [-0.4, -0.2) is 21.9 Å². The van der Waals surface area contributed by atoms with Crippen molar-refractivity contribution in [2.75, 3.05) is 10.6 Å². The Kier molecular flexibility index (Phi) is 4.49. The van der Waals surface area contributed by atoms with Gasteiger partial charge in [-0.1, -0.05) is 6.58 Å². The SMILES string of the molecule is C=CC(=O)Nc1ccc(O)c(C(=O)Nc2ccc3sc(C)nc3c2)c1. The third kappa shape index (κ3) is 3.67. The summed E-state index contributed by atoms with van der Waals surface area (Å²) in [6.07, 6.45) is 1.12. The summed E-state index contributed by atoms with van der Waals surface area (Å²) in [7, 11) is 0. The first-order chi connectivity index (χ1) is 12.0. The Morgan fingerprint density at radius 2 is 1.88 bits per heavy atom. The Morgan fingerprint density at radius 1 is 1.16 bits per heavy atom. The largest absolute Gasteiger partial charge is 0.507 e. The first kappa shape index (κ1) is 16.7. The number of amides is 2. The molecule has 0 aliphatic heterocycles. The lowest BCUT2D eigenvalue weighted by molar-refractivity contribution is -0.111. The van der Waals surface area contributed by atoms with E-state index in [2.05, 4.69) is 22.2 Å². The van der Waals surface area contributed by atoms with Gasteiger partial charge in [0.1, 0.15) is 5.75 Å². The molecular weight excluding hydrogens is 338 g/mol. The van der Waals surface area contributed by atoms with Gasteiger partial charge in [0.2, 0.25) is 5.91 Å². The van der Waals surface area contributed by atoms with Gasteiger partial charge in [0, 0.05) is 11.4 Å². The van der Waals surface area contributed by atoms with Gasteiger partial charge in [-0.05, 0) is 49.4 Å². The minimum absolute atomic E-state index is 0.0522. The highest BCUT2D eigenvalue weighted by molar-refractivity contribution is 7.18. The van der Waals surface area contributed by atoms with Crippen molar-refractivity contribution in [3.05, 3.63) is 59.6 Å². The monoisotopic (exact) mass is 353 g/mol. The fourth-order valence-corrected chi connectivity index (χ4v) is 3.12. The standard InChI is InChI=1S/C18H15N3O3S/c1-3-17(23)20-11-4-6-15(22)13(8-11)18(24)21-12-5-7-16-14(9-12)19-10(2)25-16/h3-9,22H,1H2,2H3,(H,20,23)(H,21,24). The molecule has 1 aromatic heterocycles. The van der Waals surface area contributed by atoms with Gasteiger partial charge in [-0.2, -0.15) is 0 Å². The van der Waals surface area contributed by atoms with Crippen LogP contribution in [0.25, 0.3) is 10.2 Å². The van der Waals surface area contributed by atoms with Crippen LogP contribution in [-0.2, 0) is 4.79 Å². The Bertz CT molecular complexity index is 994. The van der Waals surface area contributed by atoms with E-state index in [1.165, 1.54) is 18.2 Å². The lowest BCUT2D eigenvalue weighted by Gasteiger charge is -2.09. The molecule has 3 N–H and O–H groups in total. The number of phenolic OH excluding ortho intramolecular Hbond substituents is 1. The maximum absolute atomic E-state index is 12.5. The molecule has 2 aromatic carbocycles. The molecule has 7 heteroatoms. The van der Waals surface area contributed by atoms with E-state index >= 15 is 0 Å². The van der Waals surface area contributed by atoms with Crippen LogP contribution in [0.2, 0.25) is 0 Å². The smallest absolute Gasteiger partial charge is 0.259 e. The van der Waals surface area contributed by atoms with Gasteiger partial charge in [-0.25, -0.2) is 4.98 Å². The predicted octanol–water partition coefficient (Wildman–Crippen LogP) is 3.69. The van der Waals surface area contributed by atoms with Crippen molar-refractivity contribution in [2.45, 2.75) is 6.92 Å². The number of nitrogens with one attached hydrogen (secondary N) is 2. The number of aromatic nitrogens is 1. The third-order valence-corrected chi connectivity index (χ3v) is 4.40. The number of hydrogen-bond acceptors (Lipinski definition) is 5. The number of nitrogens with zero attached hydrogens (tertiary/aromatic N) is 1. The molecular formula is C18H15N3O3S. The maximum Gasteiger partial charge on any atom is 0.259 e. The van der Waals surface area contributed by atoms with Crippen LogP contribution in [0.3, 0.4) is 0 Å². The zero-order valence-corrected chi connectivity index (χ0v) is 14.2. The summed E-state index contributed by atoms with van der Waals surface area (Å²) in [4.78, 5) is 28.2. The number of rotatable bonds is 4. The van der Waals surface area contributed by atoms with Gasteiger partial charge < -0.3 is 15.7 Å². The van der Waals surface area contributed by atoms with Crippen molar-refractivity contribution in [3.8, 4) is 5.75 Å². The van der Waals surface area contributed by atoms with Crippen molar-refractivity contribution in [1.29, 1.82) is 0 Å². The number of fused-ring (bicyclic) bond motifs is 1. The molecule has 2 amide bonds. The number of carbonyl (C=O) groups is 2. The Labute approximate surface area is 147 Å². The molecule has 3 aromatic rings. The molecule has 126 valence electrons. The van der Waals surface area contributed by atoms with Crippen LogP contribution in [0.4, 0.5) is 11.4 Å². The molecule has 6 nitrogen and oxygen atoms in total. The molecule has 3 rings (SSSR count). The van der Waals surface area contributed by atoms with Crippen LogP contribution in [0.1, 0.15) is 15.4 Å².